The van der Waals surface area contributed by atoms with E-state index in [9.17, 15) is 14.7 Å². The Hall–Kier alpha value is -1.96. The highest BCUT2D eigenvalue weighted by atomic mass is 35.5. The van der Waals surface area contributed by atoms with E-state index in [1.807, 2.05) is 18.2 Å². The van der Waals surface area contributed by atoms with Gasteiger partial charge in [-0.1, -0.05) is 67.6 Å². The molecule has 26 heavy (non-hydrogen) atoms. The van der Waals surface area contributed by atoms with Crippen LogP contribution >= 0.6 is 35.6 Å². The largest absolute Gasteiger partial charge is 0.480 e. The van der Waals surface area contributed by atoms with Gasteiger partial charge in [-0.25, -0.2) is 9.78 Å². The van der Waals surface area contributed by atoms with Crippen LogP contribution in [0.3, 0.4) is 0 Å². The number of halogens is 1. The first-order valence-corrected chi connectivity index (χ1v) is 9.45. The number of hydrogen-bond acceptors (Lipinski definition) is 5. The maximum atomic E-state index is 12.7. The number of carbonyl (C=O) groups is 2. The molecule has 1 amide bonds. The van der Waals surface area contributed by atoms with Crippen LogP contribution in [0.25, 0.3) is 17.0 Å². The summed E-state index contributed by atoms with van der Waals surface area (Å²) in [5.41, 5.74) is 1.20. The van der Waals surface area contributed by atoms with Gasteiger partial charge in [0.2, 0.25) is 0 Å². The number of rotatable bonds is 4. The maximum Gasteiger partial charge on any atom is 0.327 e. The molecule has 0 bridgehead atoms. The number of hydrogen-bond donors (Lipinski definition) is 1. The van der Waals surface area contributed by atoms with Gasteiger partial charge in [-0.15, -0.1) is 0 Å². The molecule has 1 aliphatic rings. The lowest BCUT2D eigenvalue weighted by atomic mass is 10.0. The van der Waals surface area contributed by atoms with Gasteiger partial charge in [-0.3, -0.25) is 9.69 Å². The molecule has 1 N–H and O–H groups in total. The van der Waals surface area contributed by atoms with Crippen molar-refractivity contribution in [2.24, 2.45) is 5.92 Å². The molecule has 1 aliphatic heterocycles. The predicted octanol–water partition coefficient (Wildman–Crippen LogP) is 4.20. The van der Waals surface area contributed by atoms with E-state index in [0.29, 0.717) is 21.1 Å². The fourth-order valence-corrected chi connectivity index (χ4v) is 4.29. The Bertz CT molecular complexity index is 959. The monoisotopic (exact) mass is 406 g/mol. The summed E-state index contributed by atoms with van der Waals surface area (Å²) in [4.78, 5) is 30.3. The number of fused-ring (bicyclic) bond motifs is 1. The van der Waals surface area contributed by atoms with Crippen LogP contribution in [0.4, 0.5) is 0 Å². The molecule has 1 aromatic heterocycles. The number of aliphatic carboxylic acids is 1. The van der Waals surface area contributed by atoms with Crippen LogP contribution in [0.5, 0.6) is 0 Å². The van der Waals surface area contributed by atoms with Crippen molar-refractivity contribution >= 4 is 68.8 Å². The number of carboxylic acids is 1. The van der Waals surface area contributed by atoms with Crippen molar-refractivity contribution in [3.63, 3.8) is 0 Å². The Balaban J connectivity index is 1.98. The molecule has 0 saturated carbocycles. The highest BCUT2D eigenvalue weighted by Gasteiger charge is 2.41. The molecule has 0 spiro atoms. The van der Waals surface area contributed by atoms with Crippen LogP contribution in [0.15, 0.2) is 35.2 Å². The average molecular weight is 407 g/mol. The molecule has 0 aliphatic carbocycles. The second-order valence-electron chi connectivity index (χ2n) is 6.13. The number of aromatic nitrogens is 1. The molecule has 1 fully saturated rings. The number of pyridine rings is 1. The van der Waals surface area contributed by atoms with Crippen LogP contribution < -0.4 is 0 Å². The minimum Gasteiger partial charge on any atom is -0.480 e. The van der Waals surface area contributed by atoms with E-state index in [1.54, 1.807) is 32.1 Å². The number of thioether (sulfide) groups is 1. The molecule has 2 heterocycles. The maximum absolute atomic E-state index is 12.7. The van der Waals surface area contributed by atoms with E-state index < -0.39 is 17.9 Å². The van der Waals surface area contributed by atoms with Gasteiger partial charge in [0, 0.05) is 5.39 Å². The minimum atomic E-state index is -1.08. The summed E-state index contributed by atoms with van der Waals surface area (Å²) < 4.78 is 0.237. The van der Waals surface area contributed by atoms with Gasteiger partial charge in [-0.2, -0.15) is 0 Å². The lowest BCUT2D eigenvalue weighted by molar-refractivity contribution is -0.146. The third-order valence-electron chi connectivity index (χ3n) is 3.96. The number of thiocarbonyl (C=S) groups is 1. The molecule has 1 atom stereocenters. The van der Waals surface area contributed by atoms with Crippen molar-refractivity contribution in [3.05, 3.63) is 46.0 Å². The average Bonchev–Trinajstić information content (AvgIpc) is 2.83. The van der Waals surface area contributed by atoms with E-state index in [2.05, 4.69) is 4.98 Å². The van der Waals surface area contributed by atoms with Crippen LogP contribution in [-0.4, -0.2) is 37.2 Å². The molecule has 8 heteroatoms. The van der Waals surface area contributed by atoms with Gasteiger partial charge in [-0.05, 0) is 24.1 Å². The summed E-state index contributed by atoms with van der Waals surface area (Å²) in [7, 11) is 0. The number of nitrogens with zero attached hydrogens (tertiary/aromatic N) is 2. The number of para-hydroxylation sites is 1. The van der Waals surface area contributed by atoms with Gasteiger partial charge in [0.05, 0.1) is 21.1 Å². The van der Waals surface area contributed by atoms with E-state index in [0.717, 1.165) is 17.1 Å². The van der Waals surface area contributed by atoms with Crippen LogP contribution in [0.1, 0.15) is 19.5 Å². The second-order valence-corrected chi connectivity index (χ2v) is 8.21. The number of benzene rings is 1. The van der Waals surface area contributed by atoms with E-state index in [4.69, 9.17) is 23.8 Å². The topological polar surface area (TPSA) is 70.5 Å². The highest BCUT2D eigenvalue weighted by Crippen LogP contribution is 2.35. The molecular weight excluding hydrogens is 392 g/mol. The van der Waals surface area contributed by atoms with E-state index in [1.165, 1.54) is 4.90 Å². The fourth-order valence-electron chi connectivity index (χ4n) is 2.75. The Morgan fingerprint density at radius 2 is 2.08 bits per heavy atom. The summed E-state index contributed by atoms with van der Waals surface area (Å²) in [6.45, 7) is 3.49. The summed E-state index contributed by atoms with van der Waals surface area (Å²) >= 11 is 12.5. The molecule has 3 rings (SSSR count). The molecule has 134 valence electrons. The minimum absolute atomic E-state index is 0.237. The van der Waals surface area contributed by atoms with Gasteiger partial charge >= 0.3 is 5.97 Å². The van der Waals surface area contributed by atoms with E-state index in [-0.39, 0.29) is 10.2 Å². The first-order valence-electron chi connectivity index (χ1n) is 7.84. The highest BCUT2D eigenvalue weighted by molar-refractivity contribution is 8.26. The molecule has 2 aromatic rings. The Kier molecular flexibility index (Phi) is 5.32. The fraction of sp³-hybridized carbons (Fsp3) is 0.222. The van der Waals surface area contributed by atoms with Gasteiger partial charge in [0.15, 0.2) is 0 Å². The molecule has 1 aromatic carbocycles. The summed E-state index contributed by atoms with van der Waals surface area (Å²) in [6, 6.07) is 8.15. The summed E-state index contributed by atoms with van der Waals surface area (Å²) in [5, 5.41) is 10.9. The first-order chi connectivity index (χ1) is 12.3. The zero-order valence-corrected chi connectivity index (χ0v) is 16.4. The van der Waals surface area contributed by atoms with Gasteiger partial charge < -0.3 is 5.11 Å². The first kappa shape index (κ1) is 18.8. The number of amides is 1. The Morgan fingerprint density at radius 1 is 1.35 bits per heavy atom. The lowest BCUT2D eigenvalue weighted by Crippen LogP contribution is -2.47. The van der Waals surface area contributed by atoms with Crippen molar-refractivity contribution in [2.45, 2.75) is 19.9 Å². The zero-order chi connectivity index (χ0) is 19.0. The molecular formula is C18H15ClN2O3S2. The SMILES string of the molecule is CC(C)C(C(=O)O)N1C(=O)/C(=C/c2ccc3cccc(Cl)c3n2)SC1=S. The normalized spacial score (nSPS) is 17.5. The molecule has 1 unspecified atom stereocenters. The smallest absolute Gasteiger partial charge is 0.327 e. The van der Waals surface area contributed by atoms with Crippen molar-refractivity contribution in [2.75, 3.05) is 0 Å². The quantitative estimate of drug-likeness (QED) is 0.606. The van der Waals surface area contributed by atoms with Crippen molar-refractivity contribution in [1.29, 1.82) is 0 Å². The summed E-state index contributed by atoms with van der Waals surface area (Å²) in [6.07, 6.45) is 1.61. The molecule has 0 radical (unpaired) electrons. The molecule has 5 nitrogen and oxygen atoms in total. The third-order valence-corrected chi connectivity index (χ3v) is 5.59. The van der Waals surface area contributed by atoms with Crippen LogP contribution in [0, 0.1) is 5.92 Å². The van der Waals surface area contributed by atoms with Crippen molar-refractivity contribution in [1.82, 2.24) is 9.88 Å². The van der Waals surface area contributed by atoms with Crippen LogP contribution in [-0.2, 0) is 9.59 Å². The lowest BCUT2D eigenvalue weighted by Gasteiger charge is -2.26. The van der Waals surface area contributed by atoms with Crippen molar-refractivity contribution < 1.29 is 14.7 Å². The number of carboxylic acid groups (broad SMARTS) is 1. The van der Waals surface area contributed by atoms with Gasteiger partial charge in [0.25, 0.3) is 5.91 Å². The Labute approximate surface area is 165 Å². The summed E-state index contributed by atoms with van der Waals surface area (Å²) in [5.74, 6) is -1.76. The van der Waals surface area contributed by atoms with Crippen LogP contribution in [0.2, 0.25) is 5.02 Å². The van der Waals surface area contributed by atoms with Gasteiger partial charge in [0.1, 0.15) is 10.4 Å². The standard InChI is InChI=1S/C18H15ClN2O3S2/c1-9(2)15(17(23)24)21-16(22)13(26-18(21)25)8-11-7-6-10-4-3-5-12(19)14(10)20-11/h3-9,15H,1-2H3,(H,23,24)/b13-8-. The zero-order valence-electron chi connectivity index (χ0n) is 14.0. The number of carbonyl (C=O) groups excluding carboxylic acids is 1. The Morgan fingerprint density at radius 3 is 2.73 bits per heavy atom. The molecule has 1 saturated heterocycles. The third kappa shape index (κ3) is 3.47. The second kappa shape index (κ2) is 7.34. The van der Waals surface area contributed by atoms with E-state index >= 15 is 0 Å². The predicted molar refractivity (Wildman–Crippen MR) is 108 cm³/mol. The van der Waals surface area contributed by atoms with Crippen molar-refractivity contribution in [3.8, 4) is 0 Å².